The zero-order chi connectivity index (χ0) is 15.6. The molecule has 5 heteroatoms. The fraction of sp³-hybridized carbons (Fsp3) is 0.562. The van der Waals surface area contributed by atoms with Crippen LogP contribution in [-0.4, -0.2) is 24.0 Å². The molecule has 5 nitrogen and oxygen atoms in total. The van der Waals surface area contributed by atoms with Gasteiger partial charge in [-0.3, -0.25) is 4.79 Å². The first-order chi connectivity index (χ1) is 9.89. The fourth-order valence-corrected chi connectivity index (χ4v) is 2.34. The summed E-state index contributed by atoms with van der Waals surface area (Å²) in [7, 11) is 1.36. The molecule has 1 aliphatic carbocycles. The Kier molecular flexibility index (Phi) is 4.30. The zero-order valence-electron chi connectivity index (χ0n) is 13.1. The summed E-state index contributed by atoms with van der Waals surface area (Å²) < 4.78 is 4.83. The summed E-state index contributed by atoms with van der Waals surface area (Å²) in [6.07, 6.45) is 3.37. The van der Waals surface area contributed by atoms with Crippen molar-refractivity contribution >= 4 is 17.7 Å². The minimum Gasteiger partial charge on any atom is -0.465 e. The van der Waals surface area contributed by atoms with Crippen LogP contribution in [0.3, 0.4) is 0 Å². The van der Waals surface area contributed by atoms with E-state index in [0.717, 1.165) is 36.9 Å². The van der Waals surface area contributed by atoms with Gasteiger partial charge < -0.3 is 10.1 Å². The Balaban J connectivity index is 2.34. The van der Waals surface area contributed by atoms with Crippen LogP contribution in [-0.2, 0) is 22.4 Å². The second kappa shape index (κ2) is 5.84. The number of carbonyl (C=O) groups excluding carboxylic acids is 2. The van der Waals surface area contributed by atoms with E-state index < -0.39 is 5.41 Å². The average molecular weight is 290 g/mol. The van der Waals surface area contributed by atoms with Crippen LogP contribution in [0.1, 0.15) is 55.2 Å². The van der Waals surface area contributed by atoms with E-state index >= 15 is 0 Å². The molecule has 1 aliphatic rings. The monoisotopic (exact) mass is 290 g/mol. The van der Waals surface area contributed by atoms with E-state index in [1.807, 2.05) is 20.8 Å². The molecule has 2 rings (SSSR count). The molecule has 0 saturated heterocycles. The van der Waals surface area contributed by atoms with E-state index in [2.05, 4.69) is 10.3 Å². The number of anilines is 1. The third-order valence-electron chi connectivity index (χ3n) is 4.20. The maximum absolute atomic E-state index is 12.2. The van der Waals surface area contributed by atoms with Crippen LogP contribution in [0.25, 0.3) is 0 Å². The van der Waals surface area contributed by atoms with E-state index in [4.69, 9.17) is 4.74 Å². The van der Waals surface area contributed by atoms with Crippen molar-refractivity contribution in [2.75, 3.05) is 12.4 Å². The molecule has 0 bridgehead atoms. The van der Waals surface area contributed by atoms with E-state index in [1.54, 1.807) is 6.07 Å². The number of hydrogen-bond acceptors (Lipinski definition) is 4. The Morgan fingerprint density at radius 3 is 2.71 bits per heavy atom. The van der Waals surface area contributed by atoms with Crippen LogP contribution in [0, 0.1) is 5.41 Å². The van der Waals surface area contributed by atoms with Crippen molar-refractivity contribution in [1.82, 2.24) is 4.98 Å². The number of nitrogens with zero attached hydrogens (tertiary/aromatic N) is 1. The number of hydrogen-bond donors (Lipinski definition) is 1. The molecule has 1 N–H and O–H groups in total. The predicted octanol–water partition coefficient (Wildman–Crippen LogP) is 2.73. The topological polar surface area (TPSA) is 68.3 Å². The Bertz CT molecular complexity index is 579. The first-order valence-corrected chi connectivity index (χ1v) is 7.31. The third-order valence-corrected chi connectivity index (χ3v) is 4.20. The van der Waals surface area contributed by atoms with Crippen LogP contribution in [0.2, 0.25) is 0 Å². The Hall–Kier alpha value is -1.91. The molecule has 1 heterocycles. The van der Waals surface area contributed by atoms with E-state index in [0.29, 0.717) is 11.4 Å². The Labute approximate surface area is 125 Å². The molecule has 21 heavy (non-hydrogen) atoms. The largest absolute Gasteiger partial charge is 0.465 e. The molecule has 0 spiro atoms. The molecular weight excluding hydrogens is 268 g/mol. The average Bonchev–Trinajstić information content (AvgIpc) is 2.93. The van der Waals surface area contributed by atoms with Gasteiger partial charge in [-0.25, -0.2) is 9.78 Å². The summed E-state index contributed by atoms with van der Waals surface area (Å²) in [5.74, 6) is -0.0327. The SMILES string of the molecule is CCC(C)(C)C(=O)Nc1cc(C(=O)OC)c2c(n1)CCC2. The highest BCUT2D eigenvalue weighted by Gasteiger charge is 2.27. The van der Waals surface area contributed by atoms with Gasteiger partial charge >= 0.3 is 5.97 Å². The number of aromatic nitrogens is 1. The standard InChI is InChI=1S/C16H22N2O3/c1-5-16(2,3)15(20)18-13-9-11(14(19)21-4)10-7-6-8-12(10)17-13/h9H,5-8H2,1-4H3,(H,17,18,20). The number of rotatable bonds is 4. The van der Waals surface area contributed by atoms with Gasteiger partial charge in [-0.15, -0.1) is 0 Å². The molecule has 0 radical (unpaired) electrons. The number of aryl methyl sites for hydroxylation is 1. The minimum absolute atomic E-state index is 0.0914. The molecule has 0 aliphatic heterocycles. The Morgan fingerprint density at radius 1 is 1.38 bits per heavy atom. The molecule has 114 valence electrons. The van der Waals surface area contributed by atoms with Gasteiger partial charge in [-0.2, -0.15) is 0 Å². The van der Waals surface area contributed by atoms with Crippen LogP contribution in [0.5, 0.6) is 0 Å². The third kappa shape index (κ3) is 3.06. The van der Waals surface area contributed by atoms with Gasteiger partial charge in [0, 0.05) is 11.1 Å². The highest BCUT2D eigenvalue weighted by Crippen LogP contribution is 2.28. The van der Waals surface area contributed by atoms with Crippen molar-refractivity contribution in [3.8, 4) is 0 Å². The van der Waals surface area contributed by atoms with Crippen LogP contribution < -0.4 is 5.32 Å². The molecule has 1 aromatic heterocycles. The molecule has 0 unspecified atom stereocenters. The highest BCUT2D eigenvalue weighted by molar-refractivity contribution is 5.97. The van der Waals surface area contributed by atoms with Crippen molar-refractivity contribution in [1.29, 1.82) is 0 Å². The smallest absolute Gasteiger partial charge is 0.338 e. The van der Waals surface area contributed by atoms with Crippen molar-refractivity contribution in [2.45, 2.75) is 46.5 Å². The lowest BCUT2D eigenvalue weighted by molar-refractivity contribution is -0.124. The molecule has 0 fully saturated rings. The lowest BCUT2D eigenvalue weighted by Gasteiger charge is -2.21. The number of nitrogens with one attached hydrogen (secondary N) is 1. The van der Waals surface area contributed by atoms with Crippen molar-refractivity contribution in [3.05, 3.63) is 22.9 Å². The highest BCUT2D eigenvalue weighted by atomic mass is 16.5. The fourth-order valence-electron chi connectivity index (χ4n) is 2.34. The number of esters is 1. The molecule has 1 amide bonds. The maximum atomic E-state index is 12.2. The first kappa shape index (κ1) is 15.5. The Morgan fingerprint density at radius 2 is 2.10 bits per heavy atom. The second-order valence-corrected chi connectivity index (χ2v) is 6.02. The number of carbonyl (C=O) groups is 2. The number of fused-ring (bicyclic) bond motifs is 1. The van der Waals surface area contributed by atoms with Gasteiger partial charge in [0.05, 0.1) is 12.7 Å². The predicted molar refractivity (Wildman–Crippen MR) is 80.3 cm³/mol. The summed E-state index contributed by atoms with van der Waals surface area (Å²) in [5, 5.41) is 2.82. The minimum atomic E-state index is -0.466. The lowest BCUT2D eigenvalue weighted by atomic mass is 9.89. The summed E-state index contributed by atoms with van der Waals surface area (Å²) in [5.41, 5.74) is 1.90. The molecule has 0 saturated carbocycles. The van der Waals surface area contributed by atoms with Crippen LogP contribution in [0.15, 0.2) is 6.07 Å². The van der Waals surface area contributed by atoms with Crippen molar-refractivity contribution in [3.63, 3.8) is 0 Å². The molecule has 0 atom stereocenters. The first-order valence-electron chi connectivity index (χ1n) is 7.31. The van der Waals surface area contributed by atoms with Gasteiger partial charge in [-0.1, -0.05) is 20.8 Å². The molecule has 0 aromatic carbocycles. The van der Waals surface area contributed by atoms with Crippen LogP contribution in [0.4, 0.5) is 5.82 Å². The summed E-state index contributed by atoms with van der Waals surface area (Å²) >= 11 is 0. The van der Waals surface area contributed by atoms with Gasteiger partial charge in [0.2, 0.25) is 5.91 Å². The maximum Gasteiger partial charge on any atom is 0.338 e. The zero-order valence-corrected chi connectivity index (χ0v) is 13.1. The van der Waals surface area contributed by atoms with E-state index in [-0.39, 0.29) is 11.9 Å². The van der Waals surface area contributed by atoms with E-state index in [9.17, 15) is 9.59 Å². The van der Waals surface area contributed by atoms with E-state index in [1.165, 1.54) is 7.11 Å². The van der Waals surface area contributed by atoms with Gasteiger partial charge in [0.1, 0.15) is 5.82 Å². The summed E-state index contributed by atoms with van der Waals surface area (Å²) in [4.78, 5) is 28.6. The quantitative estimate of drug-likeness (QED) is 0.866. The normalized spacial score (nSPS) is 13.7. The number of methoxy groups -OCH3 is 1. The lowest BCUT2D eigenvalue weighted by Crippen LogP contribution is -2.30. The number of pyridine rings is 1. The second-order valence-electron chi connectivity index (χ2n) is 6.02. The molecular formula is C16H22N2O3. The summed E-state index contributed by atoms with van der Waals surface area (Å²) in [6, 6.07) is 1.62. The number of ether oxygens (including phenoxy) is 1. The van der Waals surface area contributed by atoms with Gasteiger partial charge in [0.15, 0.2) is 0 Å². The van der Waals surface area contributed by atoms with Crippen LogP contribution >= 0.6 is 0 Å². The van der Waals surface area contributed by atoms with Crippen molar-refractivity contribution in [2.24, 2.45) is 5.41 Å². The van der Waals surface area contributed by atoms with Crippen molar-refractivity contribution < 1.29 is 14.3 Å². The van der Waals surface area contributed by atoms with Gasteiger partial charge in [-0.05, 0) is 37.3 Å². The number of amides is 1. The van der Waals surface area contributed by atoms with Gasteiger partial charge in [0.25, 0.3) is 0 Å². The summed E-state index contributed by atoms with van der Waals surface area (Å²) in [6.45, 7) is 5.74. The molecule has 1 aromatic rings.